The number of rotatable bonds is 1. The van der Waals surface area contributed by atoms with Crippen molar-refractivity contribution < 1.29 is 4.74 Å². The minimum absolute atomic E-state index is 0.110. The van der Waals surface area contributed by atoms with Crippen LogP contribution in [0.5, 0.6) is 0 Å². The lowest BCUT2D eigenvalue weighted by molar-refractivity contribution is 0.289. The third-order valence-electron chi connectivity index (χ3n) is 3.41. The van der Waals surface area contributed by atoms with Crippen LogP contribution in [-0.4, -0.2) is 6.10 Å². The summed E-state index contributed by atoms with van der Waals surface area (Å²) in [5.74, 6) is 0. The zero-order chi connectivity index (χ0) is 9.60. The fourth-order valence-electron chi connectivity index (χ4n) is 2.58. The van der Waals surface area contributed by atoms with E-state index in [1.54, 1.807) is 0 Å². The zero-order valence-corrected chi connectivity index (χ0v) is 9.59. The number of ether oxygens (including phenoxy) is 1. The lowest BCUT2D eigenvalue weighted by Gasteiger charge is -2.17. The van der Waals surface area contributed by atoms with Gasteiger partial charge in [0.05, 0.1) is 6.10 Å². The van der Waals surface area contributed by atoms with Crippen molar-refractivity contribution in [2.45, 2.75) is 37.4 Å². The van der Waals surface area contributed by atoms with E-state index in [4.69, 9.17) is 4.74 Å². The Hall–Kier alpha value is -0.340. The van der Waals surface area contributed by atoms with Gasteiger partial charge in [0.25, 0.3) is 0 Å². The monoisotopic (exact) mass is 252 g/mol. The predicted octanol–water partition coefficient (Wildman–Crippen LogP) is 3.62. The van der Waals surface area contributed by atoms with Crippen molar-refractivity contribution in [2.75, 3.05) is 0 Å². The topological polar surface area (TPSA) is 12.5 Å². The molecule has 0 spiro atoms. The van der Waals surface area contributed by atoms with Crippen molar-refractivity contribution in [3.63, 3.8) is 0 Å². The average Bonchev–Trinajstić information content (AvgIpc) is 2.94. The summed E-state index contributed by atoms with van der Waals surface area (Å²) in [6.07, 6.45) is 5.61. The van der Waals surface area contributed by atoms with Crippen molar-refractivity contribution in [1.29, 1.82) is 0 Å². The van der Waals surface area contributed by atoms with Gasteiger partial charge < -0.3 is 4.74 Å². The van der Waals surface area contributed by atoms with Crippen LogP contribution in [-0.2, 0) is 10.3 Å². The van der Waals surface area contributed by atoms with Gasteiger partial charge in [-0.25, -0.2) is 0 Å². The van der Waals surface area contributed by atoms with E-state index in [0.29, 0.717) is 6.10 Å². The van der Waals surface area contributed by atoms with Crippen LogP contribution in [0.3, 0.4) is 0 Å². The molecule has 0 amide bonds. The molecule has 2 fully saturated rings. The normalized spacial score (nSPS) is 35.1. The van der Waals surface area contributed by atoms with Crippen molar-refractivity contribution in [1.82, 2.24) is 0 Å². The van der Waals surface area contributed by atoms with Gasteiger partial charge in [0.15, 0.2) is 0 Å². The summed E-state index contributed by atoms with van der Waals surface area (Å²) in [6.45, 7) is 0. The number of benzene rings is 1. The van der Waals surface area contributed by atoms with E-state index in [1.807, 2.05) is 0 Å². The Morgan fingerprint density at radius 2 is 2.00 bits per heavy atom. The summed E-state index contributed by atoms with van der Waals surface area (Å²) in [5, 5.41) is 0. The quantitative estimate of drug-likeness (QED) is 0.696. The highest BCUT2D eigenvalue weighted by atomic mass is 79.9. The van der Waals surface area contributed by atoms with E-state index in [2.05, 4.69) is 40.2 Å². The van der Waals surface area contributed by atoms with Gasteiger partial charge in [0.1, 0.15) is 5.60 Å². The average molecular weight is 253 g/mol. The molecule has 1 nitrogen and oxygen atoms in total. The SMILES string of the molecule is Brc1ccc([C@]23CCCC[C@H]2O3)cc1. The molecule has 0 bridgehead atoms. The zero-order valence-electron chi connectivity index (χ0n) is 8.00. The Morgan fingerprint density at radius 1 is 1.21 bits per heavy atom. The van der Waals surface area contributed by atoms with Crippen LogP contribution in [0.1, 0.15) is 31.2 Å². The maximum atomic E-state index is 5.88. The first-order valence-corrected chi connectivity index (χ1v) is 6.04. The van der Waals surface area contributed by atoms with E-state index < -0.39 is 0 Å². The van der Waals surface area contributed by atoms with Crippen LogP contribution in [0.25, 0.3) is 0 Å². The minimum atomic E-state index is 0.110. The first kappa shape index (κ1) is 8.93. The van der Waals surface area contributed by atoms with E-state index in [9.17, 15) is 0 Å². The second-order valence-corrected chi connectivity index (χ2v) is 5.16. The van der Waals surface area contributed by atoms with Crippen LogP contribution < -0.4 is 0 Å². The summed E-state index contributed by atoms with van der Waals surface area (Å²) < 4.78 is 7.02. The summed E-state index contributed by atoms with van der Waals surface area (Å²) in [4.78, 5) is 0. The summed E-state index contributed by atoms with van der Waals surface area (Å²) >= 11 is 3.46. The molecule has 14 heavy (non-hydrogen) atoms. The number of hydrogen-bond acceptors (Lipinski definition) is 1. The van der Waals surface area contributed by atoms with E-state index in [0.717, 1.165) is 4.47 Å². The van der Waals surface area contributed by atoms with Gasteiger partial charge in [-0.05, 0) is 30.5 Å². The molecule has 1 aliphatic heterocycles. The molecular formula is C12H13BrO. The van der Waals surface area contributed by atoms with Crippen LogP contribution in [0.2, 0.25) is 0 Å². The molecule has 1 heterocycles. The highest BCUT2D eigenvalue weighted by molar-refractivity contribution is 9.10. The molecule has 1 aliphatic carbocycles. The smallest absolute Gasteiger partial charge is 0.120 e. The molecule has 2 heteroatoms. The first-order valence-electron chi connectivity index (χ1n) is 5.25. The van der Waals surface area contributed by atoms with Gasteiger partial charge >= 0.3 is 0 Å². The molecule has 1 aromatic rings. The molecular weight excluding hydrogens is 240 g/mol. The van der Waals surface area contributed by atoms with E-state index in [1.165, 1.54) is 31.2 Å². The van der Waals surface area contributed by atoms with Gasteiger partial charge in [-0.15, -0.1) is 0 Å². The molecule has 0 N–H and O–H groups in total. The van der Waals surface area contributed by atoms with Crippen molar-refractivity contribution in [2.24, 2.45) is 0 Å². The minimum Gasteiger partial charge on any atom is -0.361 e. The Bertz CT molecular complexity index is 346. The Morgan fingerprint density at radius 3 is 2.71 bits per heavy atom. The van der Waals surface area contributed by atoms with Gasteiger partial charge in [-0.3, -0.25) is 0 Å². The van der Waals surface area contributed by atoms with Gasteiger partial charge in [-0.1, -0.05) is 40.9 Å². The Labute approximate surface area is 92.6 Å². The van der Waals surface area contributed by atoms with Gasteiger partial charge in [-0.2, -0.15) is 0 Å². The molecule has 2 aliphatic rings. The first-order chi connectivity index (χ1) is 6.81. The summed E-state index contributed by atoms with van der Waals surface area (Å²) in [7, 11) is 0. The number of epoxide rings is 1. The molecule has 74 valence electrons. The summed E-state index contributed by atoms with van der Waals surface area (Å²) in [6, 6.07) is 8.60. The molecule has 0 radical (unpaired) electrons. The van der Waals surface area contributed by atoms with Crippen molar-refractivity contribution >= 4 is 15.9 Å². The molecule has 3 rings (SSSR count). The molecule has 1 saturated heterocycles. The predicted molar refractivity (Wildman–Crippen MR) is 59.2 cm³/mol. The molecule has 0 aromatic heterocycles. The maximum Gasteiger partial charge on any atom is 0.120 e. The molecule has 0 unspecified atom stereocenters. The van der Waals surface area contributed by atoms with Crippen molar-refractivity contribution in [3.8, 4) is 0 Å². The second-order valence-electron chi connectivity index (χ2n) is 4.25. The lowest BCUT2D eigenvalue weighted by atomic mass is 9.84. The summed E-state index contributed by atoms with van der Waals surface area (Å²) in [5.41, 5.74) is 1.48. The highest BCUT2D eigenvalue weighted by Crippen LogP contribution is 2.55. The highest BCUT2D eigenvalue weighted by Gasteiger charge is 2.57. The molecule has 1 saturated carbocycles. The van der Waals surface area contributed by atoms with Crippen LogP contribution in [0.15, 0.2) is 28.7 Å². The number of halogens is 1. The van der Waals surface area contributed by atoms with E-state index >= 15 is 0 Å². The van der Waals surface area contributed by atoms with Crippen LogP contribution >= 0.6 is 15.9 Å². The standard InChI is InChI=1S/C12H13BrO/c13-10-6-4-9(5-7-10)12-8-2-1-3-11(12)14-12/h4-7,11H,1-3,8H2/t11-,12-/m1/s1. The second kappa shape index (κ2) is 3.07. The van der Waals surface area contributed by atoms with Gasteiger partial charge in [0.2, 0.25) is 0 Å². The number of hydrogen-bond donors (Lipinski definition) is 0. The lowest BCUT2D eigenvalue weighted by Crippen LogP contribution is -2.16. The third-order valence-corrected chi connectivity index (χ3v) is 3.94. The number of fused-ring (bicyclic) bond motifs is 1. The fraction of sp³-hybridized carbons (Fsp3) is 0.500. The van der Waals surface area contributed by atoms with Gasteiger partial charge in [0, 0.05) is 4.47 Å². The third kappa shape index (κ3) is 1.24. The van der Waals surface area contributed by atoms with Crippen LogP contribution in [0, 0.1) is 0 Å². The largest absolute Gasteiger partial charge is 0.361 e. The Balaban J connectivity index is 1.92. The molecule has 1 aromatic carbocycles. The maximum absolute atomic E-state index is 5.88. The van der Waals surface area contributed by atoms with Crippen LogP contribution in [0.4, 0.5) is 0 Å². The van der Waals surface area contributed by atoms with Crippen molar-refractivity contribution in [3.05, 3.63) is 34.3 Å². The fourth-order valence-corrected chi connectivity index (χ4v) is 2.84. The van der Waals surface area contributed by atoms with E-state index in [-0.39, 0.29) is 5.60 Å². The molecule has 2 atom stereocenters. The Kier molecular flexibility index (Phi) is 1.96.